The van der Waals surface area contributed by atoms with Crippen molar-refractivity contribution < 1.29 is 9.18 Å². The highest BCUT2D eigenvalue weighted by Gasteiger charge is 2.06. The molecule has 0 aliphatic rings. The third kappa shape index (κ3) is 1.55. The maximum absolute atomic E-state index is 13.3. The van der Waals surface area contributed by atoms with Crippen molar-refractivity contribution in [3.8, 4) is 0 Å². The zero-order valence-electron chi connectivity index (χ0n) is 7.41. The van der Waals surface area contributed by atoms with Crippen LogP contribution in [0, 0.1) is 5.82 Å². The first kappa shape index (κ1) is 9.68. The number of hydrogen-bond donors (Lipinski definition) is 0. The Labute approximate surface area is 88.9 Å². The van der Waals surface area contributed by atoms with E-state index in [9.17, 15) is 9.18 Å². The molecule has 1 aromatic carbocycles. The second kappa shape index (κ2) is 3.71. The summed E-state index contributed by atoms with van der Waals surface area (Å²) in [6.45, 7) is 0. The van der Waals surface area contributed by atoms with E-state index in [4.69, 9.17) is 0 Å². The fourth-order valence-corrected chi connectivity index (χ4v) is 2.66. The van der Waals surface area contributed by atoms with Crippen molar-refractivity contribution >= 4 is 39.5 Å². The van der Waals surface area contributed by atoms with E-state index in [0.29, 0.717) is 9.77 Å². The number of carbonyl (C=O) groups is 1. The molecule has 14 heavy (non-hydrogen) atoms. The third-order valence-electron chi connectivity index (χ3n) is 1.93. The highest BCUT2D eigenvalue weighted by atomic mass is 32.2. The molecule has 0 bridgehead atoms. The number of benzene rings is 1. The smallest absolute Gasteiger partial charge is 0.160 e. The topological polar surface area (TPSA) is 17.1 Å². The van der Waals surface area contributed by atoms with E-state index < -0.39 is 0 Å². The van der Waals surface area contributed by atoms with Crippen molar-refractivity contribution in [2.24, 2.45) is 0 Å². The lowest BCUT2D eigenvalue weighted by molar-refractivity contribution is 0.112. The monoisotopic (exact) mass is 226 g/mol. The lowest BCUT2D eigenvalue weighted by atomic mass is 10.2. The van der Waals surface area contributed by atoms with Gasteiger partial charge in [0.2, 0.25) is 0 Å². The zero-order valence-corrected chi connectivity index (χ0v) is 9.05. The predicted molar refractivity (Wildman–Crippen MR) is 59.0 cm³/mol. The molecule has 4 heteroatoms. The van der Waals surface area contributed by atoms with Gasteiger partial charge in [-0.3, -0.25) is 4.79 Å². The largest absolute Gasteiger partial charge is 0.297 e. The molecule has 1 nitrogen and oxygen atoms in total. The van der Waals surface area contributed by atoms with Gasteiger partial charge in [-0.25, -0.2) is 4.39 Å². The second-order valence-electron chi connectivity index (χ2n) is 2.79. The summed E-state index contributed by atoms with van der Waals surface area (Å²) in [5.74, 6) is -0.218. The van der Waals surface area contributed by atoms with Gasteiger partial charge in [0, 0.05) is 9.60 Å². The standard InChI is InChI=1S/C10H7FOS2/c1-13-10-3-6-2-7(5-12)14-9(6)4-8(10)11/h2-5H,1H3. The molecule has 0 amide bonds. The highest BCUT2D eigenvalue weighted by molar-refractivity contribution is 7.98. The molecule has 1 aromatic heterocycles. The van der Waals surface area contributed by atoms with Crippen LogP contribution in [0.1, 0.15) is 9.67 Å². The number of thiophene rings is 1. The van der Waals surface area contributed by atoms with E-state index >= 15 is 0 Å². The average Bonchev–Trinajstić information content (AvgIpc) is 2.58. The third-order valence-corrected chi connectivity index (χ3v) is 3.70. The minimum Gasteiger partial charge on any atom is -0.297 e. The lowest BCUT2D eigenvalue weighted by Crippen LogP contribution is -1.77. The van der Waals surface area contributed by atoms with E-state index in [1.807, 2.05) is 6.26 Å². The summed E-state index contributed by atoms with van der Waals surface area (Å²) in [5.41, 5.74) is 0. The molecule has 0 unspecified atom stereocenters. The Morgan fingerprint density at radius 2 is 2.21 bits per heavy atom. The first-order valence-corrected chi connectivity index (χ1v) is 6.01. The summed E-state index contributed by atoms with van der Waals surface area (Å²) in [7, 11) is 0. The minimum absolute atomic E-state index is 0.218. The van der Waals surface area contributed by atoms with Crippen molar-refractivity contribution in [3.63, 3.8) is 0 Å². The van der Waals surface area contributed by atoms with E-state index in [1.165, 1.54) is 29.2 Å². The van der Waals surface area contributed by atoms with Crippen molar-refractivity contribution in [3.05, 3.63) is 28.9 Å². The zero-order chi connectivity index (χ0) is 10.1. The molecule has 0 saturated carbocycles. The van der Waals surface area contributed by atoms with Crippen LogP contribution in [0.3, 0.4) is 0 Å². The maximum Gasteiger partial charge on any atom is 0.160 e. The van der Waals surface area contributed by atoms with Crippen LogP contribution in [0.4, 0.5) is 4.39 Å². The van der Waals surface area contributed by atoms with E-state index in [-0.39, 0.29) is 5.82 Å². The molecule has 1 heterocycles. The Morgan fingerprint density at radius 3 is 2.86 bits per heavy atom. The van der Waals surface area contributed by atoms with Crippen molar-refractivity contribution in [1.29, 1.82) is 0 Å². The molecule has 0 atom stereocenters. The number of thioether (sulfide) groups is 1. The van der Waals surface area contributed by atoms with E-state index in [2.05, 4.69) is 0 Å². The average molecular weight is 226 g/mol. The Morgan fingerprint density at radius 1 is 1.43 bits per heavy atom. The minimum atomic E-state index is -0.218. The molecule has 2 aromatic rings. The summed E-state index contributed by atoms with van der Waals surface area (Å²) in [6, 6.07) is 5.05. The van der Waals surface area contributed by atoms with Crippen molar-refractivity contribution in [2.75, 3.05) is 6.26 Å². The SMILES string of the molecule is CSc1cc2cc(C=O)sc2cc1F. The quantitative estimate of drug-likeness (QED) is 0.575. The van der Waals surface area contributed by atoms with Gasteiger partial charge in [-0.2, -0.15) is 0 Å². The Hall–Kier alpha value is -0.870. The first-order valence-electron chi connectivity index (χ1n) is 3.97. The highest BCUT2D eigenvalue weighted by Crippen LogP contribution is 2.30. The number of fused-ring (bicyclic) bond motifs is 1. The fourth-order valence-electron chi connectivity index (χ4n) is 1.28. The van der Waals surface area contributed by atoms with Gasteiger partial charge in [0.1, 0.15) is 5.82 Å². The fraction of sp³-hybridized carbons (Fsp3) is 0.100. The molecule has 0 spiro atoms. The summed E-state index contributed by atoms with van der Waals surface area (Å²) in [4.78, 5) is 11.8. The van der Waals surface area contributed by atoms with Gasteiger partial charge in [0.15, 0.2) is 6.29 Å². The Bertz CT molecular complexity index is 490. The number of carbonyl (C=O) groups excluding carboxylic acids is 1. The summed E-state index contributed by atoms with van der Waals surface area (Å²) in [6.07, 6.45) is 2.62. The number of rotatable bonds is 2. The van der Waals surface area contributed by atoms with Crippen LogP contribution in [-0.4, -0.2) is 12.5 Å². The maximum atomic E-state index is 13.3. The van der Waals surface area contributed by atoms with Gasteiger partial charge in [-0.05, 0) is 29.8 Å². The molecule has 0 aliphatic carbocycles. The van der Waals surface area contributed by atoms with Crippen molar-refractivity contribution in [1.82, 2.24) is 0 Å². The van der Waals surface area contributed by atoms with Crippen molar-refractivity contribution in [2.45, 2.75) is 4.90 Å². The van der Waals surface area contributed by atoms with E-state index in [0.717, 1.165) is 16.4 Å². The second-order valence-corrected chi connectivity index (χ2v) is 4.75. The number of aldehydes is 1. The normalized spacial score (nSPS) is 10.7. The van der Waals surface area contributed by atoms with Crippen LogP contribution in [0.5, 0.6) is 0 Å². The van der Waals surface area contributed by atoms with Crippen LogP contribution in [0.25, 0.3) is 10.1 Å². The van der Waals surface area contributed by atoms with Crippen LogP contribution in [0.2, 0.25) is 0 Å². The van der Waals surface area contributed by atoms with Gasteiger partial charge in [0.25, 0.3) is 0 Å². The summed E-state index contributed by atoms with van der Waals surface area (Å²) >= 11 is 2.68. The molecule has 72 valence electrons. The first-order chi connectivity index (χ1) is 6.74. The van der Waals surface area contributed by atoms with Crippen LogP contribution < -0.4 is 0 Å². The lowest BCUT2D eigenvalue weighted by Gasteiger charge is -1.97. The van der Waals surface area contributed by atoms with Crippen LogP contribution >= 0.6 is 23.1 Å². The van der Waals surface area contributed by atoms with Gasteiger partial charge in [-0.15, -0.1) is 23.1 Å². The predicted octanol–water partition coefficient (Wildman–Crippen LogP) is 3.57. The van der Waals surface area contributed by atoms with E-state index in [1.54, 1.807) is 12.1 Å². The van der Waals surface area contributed by atoms with Gasteiger partial charge >= 0.3 is 0 Å². The Balaban J connectivity index is 2.69. The molecule has 2 rings (SSSR count). The van der Waals surface area contributed by atoms with Gasteiger partial charge < -0.3 is 0 Å². The molecule has 0 aliphatic heterocycles. The molecular weight excluding hydrogens is 219 g/mol. The van der Waals surface area contributed by atoms with Gasteiger partial charge in [-0.1, -0.05) is 0 Å². The molecular formula is C10H7FOS2. The summed E-state index contributed by atoms with van der Waals surface area (Å²) < 4.78 is 14.2. The molecule has 0 saturated heterocycles. The Kier molecular flexibility index (Phi) is 2.56. The molecule has 0 fully saturated rings. The molecule has 0 N–H and O–H groups in total. The number of halogens is 1. The number of hydrogen-bond acceptors (Lipinski definition) is 3. The van der Waals surface area contributed by atoms with Crippen LogP contribution in [0.15, 0.2) is 23.1 Å². The summed E-state index contributed by atoms with van der Waals surface area (Å²) in [5, 5.41) is 0.933. The van der Waals surface area contributed by atoms with Crippen LogP contribution in [-0.2, 0) is 0 Å². The van der Waals surface area contributed by atoms with Gasteiger partial charge in [0.05, 0.1) is 4.88 Å². The molecule has 0 radical (unpaired) electrons.